The maximum Gasteiger partial charge on any atom is 0.337 e. The van der Waals surface area contributed by atoms with Crippen molar-refractivity contribution in [3.8, 4) is 11.1 Å². The summed E-state index contributed by atoms with van der Waals surface area (Å²) in [6.07, 6.45) is -1.55. The quantitative estimate of drug-likeness (QED) is 0.749. The van der Waals surface area contributed by atoms with Gasteiger partial charge in [0.2, 0.25) is 0 Å². The fraction of sp³-hybridized carbons (Fsp3) is 0.350. The summed E-state index contributed by atoms with van der Waals surface area (Å²) in [5.74, 6) is -1.18. The van der Waals surface area contributed by atoms with Crippen molar-refractivity contribution in [1.29, 1.82) is 0 Å². The predicted molar refractivity (Wildman–Crippen MR) is 97.8 cm³/mol. The molecule has 0 radical (unpaired) electrons. The molecule has 0 amide bonds. The largest absolute Gasteiger partial charge is 0.459 e. The molecule has 144 valence electrons. The average Bonchev–Trinajstić information content (AvgIpc) is 2.72. The first-order valence-electron chi connectivity index (χ1n) is 8.75. The second kappa shape index (κ2) is 8.94. The van der Waals surface area contributed by atoms with Crippen molar-refractivity contribution >= 4 is 11.7 Å². The summed E-state index contributed by atoms with van der Waals surface area (Å²) in [7, 11) is 0. The Kier molecular flexibility index (Phi) is 6.39. The maximum atomic E-state index is 14.6. The summed E-state index contributed by atoms with van der Waals surface area (Å²) in [4.78, 5) is 13.4. The van der Waals surface area contributed by atoms with Crippen LogP contribution in [0.25, 0.3) is 11.1 Å². The number of halogens is 1. The Hall–Kier alpha value is -2.48. The topological polar surface area (TPSA) is 79.2 Å². The van der Waals surface area contributed by atoms with Crippen molar-refractivity contribution in [2.75, 3.05) is 37.8 Å². The molecular weight excluding hydrogens is 353 g/mol. The van der Waals surface area contributed by atoms with E-state index in [9.17, 15) is 14.3 Å². The second-order valence-electron chi connectivity index (χ2n) is 6.27. The number of aliphatic hydroxyl groups is 2. The number of morpholine rings is 1. The first-order chi connectivity index (χ1) is 13.1. The molecule has 1 fully saturated rings. The van der Waals surface area contributed by atoms with Crippen molar-refractivity contribution in [2.24, 2.45) is 0 Å². The van der Waals surface area contributed by atoms with Crippen molar-refractivity contribution in [3.63, 3.8) is 0 Å². The molecule has 0 spiro atoms. The van der Waals surface area contributed by atoms with Crippen LogP contribution in [0, 0.1) is 5.82 Å². The lowest BCUT2D eigenvalue weighted by Gasteiger charge is -2.29. The van der Waals surface area contributed by atoms with E-state index in [1.165, 1.54) is 6.07 Å². The minimum absolute atomic E-state index is 0.0436. The standard InChI is InChI=1S/C20H22FNO5/c21-17-11-16(4-5-18(17)22-6-8-26-9-7-22)15-3-1-2-14(10-15)13-27-20(25)19(24)12-23/h1-5,10-11,19,23-24H,6-9,12-13H2/t19-/m1/s1. The van der Waals surface area contributed by atoms with Crippen LogP contribution in [0.1, 0.15) is 5.56 Å². The molecule has 0 unspecified atom stereocenters. The molecule has 1 aliphatic rings. The van der Waals surface area contributed by atoms with Crippen LogP contribution in [0.15, 0.2) is 42.5 Å². The number of anilines is 1. The zero-order valence-electron chi connectivity index (χ0n) is 14.8. The number of ether oxygens (including phenoxy) is 2. The van der Waals surface area contributed by atoms with Gasteiger partial charge < -0.3 is 24.6 Å². The van der Waals surface area contributed by atoms with E-state index in [4.69, 9.17) is 14.6 Å². The number of benzene rings is 2. The lowest BCUT2D eigenvalue weighted by atomic mass is 10.0. The number of rotatable bonds is 6. The third-order valence-electron chi connectivity index (χ3n) is 4.39. The van der Waals surface area contributed by atoms with Crippen LogP contribution in [0.3, 0.4) is 0 Å². The van der Waals surface area contributed by atoms with Gasteiger partial charge in [0.05, 0.1) is 25.5 Å². The SMILES string of the molecule is O=C(OCc1cccc(-c2ccc(N3CCOCC3)c(F)c2)c1)[C@H](O)CO. The van der Waals surface area contributed by atoms with Crippen molar-refractivity contribution in [1.82, 2.24) is 0 Å². The van der Waals surface area contributed by atoms with E-state index in [1.807, 2.05) is 17.0 Å². The van der Waals surface area contributed by atoms with Gasteiger partial charge in [-0.15, -0.1) is 0 Å². The summed E-state index contributed by atoms with van der Waals surface area (Å²) < 4.78 is 24.9. The highest BCUT2D eigenvalue weighted by Gasteiger charge is 2.17. The van der Waals surface area contributed by atoms with Crippen molar-refractivity contribution < 1.29 is 28.9 Å². The van der Waals surface area contributed by atoms with Crippen molar-refractivity contribution in [2.45, 2.75) is 12.7 Å². The Morgan fingerprint density at radius 2 is 1.93 bits per heavy atom. The van der Waals surface area contributed by atoms with Crippen LogP contribution < -0.4 is 4.90 Å². The van der Waals surface area contributed by atoms with Crippen LogP contribution in [0.2, 0.25) is 0 Å². The molecule has 0 saturated carbocycles. The molecule has 0 bridgehead atoms. The zero-order chi connectivity index (χ0) is 19.2. The first kappa shape index (κ1) is 19.3. The minimum atomic E-state index is -1.55. The van der Waals surface area contributed by atoms with Gasteiger partial charge in [0, 0.05) is 13.1 Å². The van der Waals surface area contributed by atoms with Crippen molar-refractivity contribution in [3.05, 3.63) is 53.8 Å². The normalized spacial score (nSPS) is 15.4. The number of aliphatic hydroxyl groups excluding tert-OH is 2. The summed E-state index contributed by atoms with van der Waals surface area (Å²) >= 11 is 0. The van der Waals surface area contributed by atoms with Gasteiger partial charge in [-0.1, -0.05) is 24.3 Å². The zero-order valence-corrected chi connectivity index (χ0v) is 14.8. The summed E-state index contributed by atoms with van der Waals surface area (Å²) in [5, 5.41) is 18.0. The van der Waals surface area contributed by atoms with E-state index in [0.717, 1.165) is 5.56 Å². The molecule has 1 atom stereocenters. The molecule has 1 heterocycles. The van der Waals surface area contributed by atoms with Gasteiger partial charge in [-0.25, -0.2) is 9.18 Å². The molecule has 2 aromatic rings. The van der Waals surface area contributed by atoms with Crippen LogP contribution in [0.4, 0.5) is 10.1 Å². The number of nitrogens with zero attached hydrogens (tertiary/aromatic N) is 1. The lowest BCUT2D eigenvalue weighted by Crippen LogP contribution is -2.36. The molecule has 1 saturated heterocycles. The smallest absolute Gasteiger partial charge is 0.337 e. The van der Waals surface area contributed by atoms with Gasteiger partial charge >= 0.3 is 5.97 Å². The second-order valence-corrected chi connectivity index (χ2v) is 6.27. The number of esters is 1. The number of carbonyl (C=O) groups is 1. The first-order valence-corrected chi connectivity index (χ1v) is 8.75. The van der Waals surface area contributed by atoms with Gasteiger partial charge in [-0.05, 0) is 34.9 Å². The van der Waals surface area contributed by atoms with Crippen LogP contribution in [-0.4, -0.2) is 55.2 Å². The molecule has 2 N–H and O–H groups in total. The van der Waals surface area contributed by atoms with E-state index in [0.29, 0.717) is 43.1 Å². The molecule has 6 nitrogen and oxygen atoms in total. The number of hydrogen-bond acceptors (Lipinski definition) is 6. The molecule has 7 heteroatoms. The molecule has 0 aromatic heterocycles. The molecular formula is C20H22FNO5. The molecule has 2 aromatic carbocycles. The number of hydrogen-bond donors (Lipinski definition) is 2. The van der Waals surface area contributed by atoms with Gasteiger partial charge in [0.25, 0.3) is 0 Å². The van der Waals surface area contributed by atoms with Crippen LogP contribution >= 0.6 is 0 Å². The van der Waals surface area contributed by atoms with Crippen LogP contribution in [-0.2, 0) is 20.9 Å². The third-order valence-corrected chi connectivity index (χ3v) is 4.39. The summed E-state index contributed by atoms with van der Waals surface area (Å²) in [5.41, 5.74) is 2.76. The maximum absolute atomic E-state index is 14.6. The highest BCUT2D eigenvalue weighted by molar-refractivity contribution is 5.74. The molecule has 27 heavy (non-hydrogen) atoms. The Morgan fingerprint density at radius 1 is 1.19 bits per heavy atom. The fourth-order valence-electron chi connectivity index (χ4n) is 2.91. The van der Waals surface area contributed by atoms with E-state index < -0.39 is 18.7 Å². The molecule has 3 rings (SSSR count). The summed E-state index contributed by atoms with van der Waals surface area (Å²) in [6, 6.07) is 12.3. The summed E-state index contributed by atoms with van der Waals surface area (Å²) in [6.45, 7) is 1.78. The molecule has 1 aliphatic heterocycles. The van der Waals surface area contributed by atoms with Crippen LogP contribution in [0.5, 0.6) is 0 Å². The lowest BCUT2D eigenvalue weighted by molar-refractivity contribution is -0.156. The Bertz CT molecular complexity index is 792. The Morgan fingerprint density at radius 3 is 2.63 bits per heavy atom. The Labute approximate surface area is 156 Å². The number of carbonyl (C=O) groups excluding carboxylic acids is 1. The van der Waals surface area contributed by atoms with Gasteiger partial charge in [0.15, 0.2) is 6.10 Å². The van der Waals surface area contributed by atoms with Gasteiger partial charge in [-0.2, -0.15) is 0 Å². The minimum Gasteiger partial charge on any atom is -0.459 e. The highest BCUT2D eigenvalue weighted by atomic mass is 19.1. The van der Waals surface area contributed by atoms with Gasteiger partial charge in [-0.3, -0.25) is 0 Å². The van der Waals surface area contributed by atoms with E-state index >= 15 is 0 Å². The average molecular weight is 375 g/mol. The Balaban J connectivity index is 1.72. The monoisotopic (exact) mass is 375 g/mol. The van der Waals surface area contributed by atoms with E-state index in [-0.39, 0.29) is 12.4 Å². The fourth-order valence-corrected chi connectivity index (χ4v) is 2.91. The third kappa shape index (κ3) is 4.82. The van der Waals surface area contributed by atoms with E-state index in [2.05, 4.69) is 0 Å². The highest BCUT2D eigenvalue weighted by Crippen LogP contribution is 2.27. The van der Waals surface area contributed by atoms with E-state index in [1.54, 1.807) is 24.3 Å². The molecule has 0 aliphatic carbocycles. The predicted octanol–water partition coefficient (Wildman–Crippen LogP) is 1.73. The van der Waals surface area contributed by atoms with Gasteiger partial charge in [0.1, 0.15) is 12.4 Å².